The summed E-state index contributed by atoms with van der Waals surface area (Å²) < 4.78 is 18.7. The first-order chi connectivity index (χ1) is 18.3. The molecule has 3 aromatic rings. The number of aryl methyl sites for hydroxylation is 1. The summed E-state index contributed by atoms with van der Waals surface area (Å²) in [4.78, 5) is 23.2. The summed E-state index contributed by atoms with van der Waals surface area (Å²) >= 11 is 6.33. The quantitative estimate of drug-likeness (QED) is 0.290. The number of nitrogen functional groups attached to an aromatic ring is 1. The number of nitrogens with one attached hydrogen (secondary N) is 1. The molecule has 0 fully saturated rings. The molecule has 4 N–H and O–H groups in total. The number of anilines is 2. The number of amides is 1. The Morgan fingerprint density at radius 3 is 2.68 bits per heavy atom. The molecule has 0 spiro atoms. The van der Waals surface area contributed by atoms with Gasteiger partial charge in [-0.3, -0.25) is 9.80 Å². The van der Waals surface area contributed by atoms with Crippen molar-refractivity contribution in [2.24, 2.45) is 11.0 Å². The third-order valence-electron chi connectivity index (χ3n) is 6.80. The van der Waals surface area contributed by atoms with Gasteiger partial charge in [-0.25, -0.2) is 9.18 Å². The molecule has 1 amide bonds. The van der Waals surface area contributed by atoms with Crippen molar-refractivity contribution in [2.45, 2.75) is 18.9 Å². The highest BCUT2D eigenvalue weighted by atomic mass is 35.5. The molecule has 10 heteroatoms. The number of carboxylic acids is 1. The number of carbonyl (C=O) groups is 2. The average Bonchev–Trinajstić information content (AvgIpc) is 3.30. The predicted octanol–water partition coefficient (Wildman–Crippen LogP) is 4.42. The van der Waals surface area contributed by atoms with Gasteiger partial charge in [0.15, 0.2) is 0 Å². The minimum Gasteiger partial charge on any atom is -0.480 e. The van der Waals surface area contributed by atoms with E-state index in [1.807, 2.05) is 23.2 Å². The van der Waals surface area contributed by atoms with E-state index in [1.54, 1.807) is 30.3 Å². The van der Waals surface area contributed by atoms with Crippen molar-refractivity contribution < 1.29 is 23.8 Å². The summed E-state index contributed by atoms with van der Waals surface area (Å²) in [6.45, 7) is -0.0931. The van der Waals surface area contributed by atoms with Crippen molar-refractivity contribution in [1.82, 2.24) is 5.32 Å². The zero-order chi connectivity index (χ0) is 26.8. The molecule has 38 heavy (non-hydrogen) atoms. The summed E-state index contributed by atoms with van der Waals surface area (Å²) in [6.07, 6.45) is 1.54. The number of hydrazone groups is 1. The minimum atomic E-state index is -1.06. The van der Waals surface area contributed by atoms with Crippen molar-refractivity contribution in [1.29, 1.82) is 0 Å². The van der Waals surface area contributed by atoms with Crippen LogP contribution < -0.4 is 16.1 Å². The molecule has 3 aromatic carbocycles. The topological polar surface area (TPSA) is 117 Å². The molecule has 2 atom stereocenters. The first-order valence-electron chi connectivity index (χ1n) is 12.2. The smallest absolute Gasteiger partial charge is 0.329 e. The van der Waals surface area contributed by atoms with Crippen LogP contribution in [0.2, 0.25) is 5.02 Å². The highest BCUT2D eigenvalue weighted by molar-refractivity contribution is 6.33. The monoisotopic (exact) mass is 536 g/mol. The van der Waals surface area contributed by atoms with Gasteiger partial charge in [0.05, 0.1) is 34.8 Å². The molecule has 0 radical (unpaired) electrons. The van der Waals surface area contributed by atoms with Crippen LogP contribution in [0.25, 0.3) is 0 Å². The van der Waals surface area contributed by atoms with Crippen LogP contribution in [0.3, 0.4) is 0 Å². The van der Waals surface area contributed by atoms with Crippen LogP contribution in [0.4, 0.5) is 15.8 Å². The van der Waals surface area contributed by atoms with E-state index in [9.17, 15) is 14.0 Å². The third kappa shape index (κ3) is 5.20. The van der Waals surface area contributed by atoms with Crippen LogP contribution >= 0.6 is 11.6 Å². The van der Waals surface area contributed by atoms with E-state index in [4.69, 9.17) is 32.3 Å². The van der Waals surface area contributed by atoms with E-state index in [1.165, 1.54) is 12.1 Å². The molecule has 8 nitrogen and oxygen atoms in total. The Morgan fingerprint density at radius 1 is 1.16 bits per heavy atom. The Hall–Kier alpha value is -3.95. The maximum atomic E-state index is 13.7. The van der Waals surface area contributed by atoms with Crippen LogP contribution in [0, 0.1) is 11.7 Å². The van der Waals surface area contributed by atoms with Crippen LogP contribution in [-0.2, 0) is 16.0 Å². The number of fused-ring (bicyclic) bond motifs is 3. The van der Waals surface area contributed by atoms with Gasteiger partial charge in [0.2, 0.25) is 0 Å². The Kier molecular flexibility index (Phi) is 7.31. The first-order valence-corrected chi connectivity index (χ1v) is 12.6. The maximum Gasteiger partial charge on any atom is 0.329 e. The molecular formula is C28H26ClFN4O4. The van der Waals surface area contributed by atoms with Crippen molar-refractivity contribution in [3.05, 3.63) is 93.8 Å². The van der Waals surface area contributed by atoms with Crippen molar-refractivity contribution in [3.8, 4) is 0 Å². The van der Waals surface area contributed by atoms with Crippen LogP contribution in [0.5, 0.6) is 0 Å². The van der Waals surface area contributed by atoms with Gasteiger partial charge >= 0.3 is 5.97 Å². The fourth-order valence-corrected chi connectivity index (χ4v) is 5.21. The second kappa shape index (κ2) is 10.8. The van der Waals surface area contributed by atoms with E-state index in [2.05, 4.69) is 5.32 Å². The normalized spacial score (nSPS) is 17.9. The van der Waals surface area contributed by atoms with Crippen LogP contribution in [0.15, 0.2) is 65.8 Å². The molecule has 1 heterocycles. The second-order valence-corrected chi connectivity index (χ2v) is 9.66. The molecule has 0 unspecified atom stereocenters. The van der Waals surface area contributed by atoms with E-state index in [0.717, 1.165) is 40.9 Å². The van der Waals surface area contributed by atoms with Gasteiger partial charge in [0.25, 0.3) is 5.91 Å². The highest BCUT2D eigenvalue weighted by Crippen LogP contribution is 2.46. The zero-order valence-electron chi connectivity index (χ0n) is 20.4. The van der Waals surface area contributed by atoms with Crippen molar-refractivity contribution in [2.75, 3.05) is 30.5 Å². The van der Waals surface area contributed by atoms with Gasteiger partial charge in [0, 0.05) is 23.6 Å². The molecular weight excluding hydrogens is 511 g/mol. The van der Waals surface area contributed by atoms with E-state index in [-0.39, 0.29) is 36.8 Å². The highest BCUT2D eigenvalue weighted by Gasteiger charge is 2.42. The number of rotatable bonds is 8. The lowest BCUT2D eigenvalue weighted by atomic mass is 9.77. The maximum absolute atomic E-state index is 13.7. The van der Waals surface area contributed by atoms with Gasteiger partial charge in [-0.1, -0.05) is 29.8 Å². The van der Waals surface area contributed by atoms with E-state index >= 15 is 0 Å². The number of hydrogen-bond donors (Lipinski definition) is 3. The Balaban J connectivity index is 1.42. The molecule has 0 aromatic heterocycles. The fourth-order valence-electron chi connectivity index (χ4n) is 5.03. The SMILES string of the molecule is Nc1ccc(N2N=C3c4ccc(C(=O)NCCOCC(=O)O)cc4CC[C@@H]3[C@@H]2c2ccc(F)cc2)cc1Cl. The molecule has 5 rings (SSSR count). The average molecular weight is 537 g/mol. The lowest BCUT2D eigenvalue weighted by Gasteiger charge is -2.31. The molecule has 0 saturated heterocycles. The number of halogens is 2. The summed E-state index contributed by atoms with van der Waals surface area (Å²) in [5, 5.41) is 18.7. The third-order valence-corrected chi connectivity index (χ3v) is 7.12. The Labute approximate surface area is 223 Å². The van der Waals surface area contributed by atoms with Crippen LogP contribution in [-0.4, -0.2) is 42.5 Å². The predicted molar refractivity (Wildman–Crippen MR) is 143 cm³/mol. The number of hydrogen-bond acceptors (Lipinski definition) is 6. The molecule has 0 bridgehead atoms. The summed E-state index contributed by atoms with van der Waals surface area (Å²) in [6, 6.07) is 17.3. The van der Waals surface area contributed by atoms with Crippen molar-refractivity contribution >= 4 is 40.6 Å². The zero-order valence-corrected chi connectivity index (χ0v) is 21.1. The standard InChI is InChI=1S/C28H26ClFN4O4/c29-23-14-20(7-10-24(23)31)34-27(16-1-5-19(30)6-2-16)22-9-3-17-13-18(4-8-21(17)26(22)33-34)28(37)32-11-12-38-15-25(35)36/h1-2,4-8,10,13-14,22,27H,3,9,11-12,15,31H2,(H,32,37)(H,35,36)/t22-,27-/m0/s1. The largest absolute Gasteiger partial charge is 0.480 e. The van der Waals surface area contributed by atoms with Crippen LogP contribution in [0.1, 0.15) is 39.5 Å². The first kappa shape index (κ1) is 25.7. The van der Waals surface area contributed by atoms with Gasteiger partial charge < -0.3 is 20.9 Å². The number of nitrogens with zero attached hydrogens (tertiary/aromatic N) is 2. The van der Waals surface area contributed by atoms with Crippen molar-refractivity contribution in [3.63, 3.8) is 0 Å². The fraction of sp³-hybridized carbons (Fsp3) is 0.250. The molecule has 2 aliphatic rings. The summed E-state index contributed by atoms with van der Waals surface area (Å²) in [5.41, 5.74) is 11.5. The number of carbonyl (C=O) groups excluding carboxylic acids is 1. The van der Waals surface area contributed by atoms with E-state index in [0.29, 0.717) is 16.3 Å². The lowest BCUT2D eigenvalue weighted by Crippen LogP contribution is -2.30. The molecule has 1 aliphatic carbocycles. The Morgan fingerprint density at radius 2 is 1.95 bits per heavy atom. The Bertz CT molecular complexity index is 1410. The van der Waals surface area contributed by atoms with Gasteiger partial charge in [-0.15, -0.1) is 0 Å². The number of ether oxygens (including phenoxy) is 1. The number of carboxylic acid groups (broad SMARTS) is 1. The van der Waals surface area contributed by atoms with Gasteiger partial charge in [0.1, 0.15) is 12.4 Å². The summed E-state index contributed by atoms with van der Waals surface area (Å²) in [7, 11) is 0. The molecule has 0 saturated carbocycles. The number of aliphatic carboxylic acids is 1. The minimum absolute atomic E-state index is 0.0513. The summed E-state index contributed by atoms with van der Waals surface area (Å²) in [5.74, 6) is -1.57. The lowest BCUT2D eigenvalue weighted by molar-refractivity contribution is -0.142. The van der Waals surface area contributed by atoms with Gasteiger partial charge in [-0.2, -0.15) is 5.10 Å². The van der Waals surface area contributed by atoms with E-state index < -0.39 is 12.6 Å². The number of benzene rings is 3. The van der Waals surface area contributed by atoms with Gasteiger partial charge in [-0.05, 0) is 66.4 Å². The number of nitrogens with two attached hydrogens (primary N) is 1. The molecule has 1 aliphatic heterocycles. The second-order valence-electron chi connectivity index (χ2n) is 9.25. The molecule has 196 valence electrons.